The molecule has 1 aromatic carbocycles. The maximum Gasteiger partial charge on any atom is 0.407 e. The summed E-state index contributed by atoms with van der Waals surface area (Å²) in [6.07, 6.45) is -0.580. The third-order valence-corrected chi connectivity index (χ3v) is 2.09. The molecule has 0 saturated carbocycles. The monoisotopic (exact) mass is 271 g/mol. The molecule has 0 aromatic heterocycles. The lowest BCUT2D eigenvalue weighted by atomic mass is 10.1. The Morgan fingerprint density at radius 1 is 1.32 bits per heavy atom. The van der Waals surface area contributed by atoms with Crippen molar-refractivity contribution in [2.45, 2.75) is 32.9 Å². The standard InChI is InChI=1S/C13H15F2NO3/c1-13(2,3)19-12(18)16-6-8-4-10(14)9(7-17)11(15)5-8/h4-5,7H,6H2,1-3H3,(H,16,18). The largest absolute Gasteiger partial charge is 0.444 e. The van der Waals surface area contributed by atoms with E-state index in [4.69, 9.17) is 4.74 Å². The van der Waals surface area contributed by atoms with Crippen LogP contribution in [0.5, 0.6) is 0 Å². The van der Waals surface area contributed by atoms with Crippen molar-refractivity contribution in [2.75, 3.05) is 0 Å². The minimum Gasteiger partial charge on any atom is -0.444 e. The first-order valence-electron chi connectivity index (χ1n) is 5.63. The van der Waals surface area contributed by atoms with Crippen LogP contribution >= 0.6 is 0 Å². The van der Waals surface area contributed by atoms with Crippen LogP contribution in [0.4, 0.5) is 13.6 Å². The van der Waals surface area contributed by atoms with Crippen molar-refractivity contribution in [1.29, 1.82) is 0 Å². The zero-order chi connectivity index (χ0) is 14.6. The van der Waals surface area contributed by atoms with Crippen LogP contribution in [-0.4, -0.2) is 18.0 Å². The summed E-state index contributed by atoms with van der Waals surface area (Å²) in [5.41, 5.74) is -1.07. The quantitative estimate of drug-likeness (QED) is 0.860. The molecular formula is C13H15F2NO3. The molecule has 1 rings (SSSR count). The highest BCUT2D eigenvalue weighted by molar-refractivity contribution is 5.75. The number of nitrogens with one attached hydrogen (secondary N) is 1. The van der Waals surface area contributed by atoms with E-state index in [1.54, 1.807) is 20.8 Å². The fraction of sp³-hybridized carbons (Fsp3) is 0.385. The van der Waals surface area contributed by atoms with Gasteiger partial charge in [-0.2, -0.15) is 0 Å². The van der Waals surface area contributed by atoms with E-state index in [1.807, 2.05) is 0 Å². The Morgan fingerprint density at radius 2 is 1.84 bits per heavy atom. The number of ether oxygens (including phenoxy) is 1. The summed E-state index contributed by atoms with van der Waals surface area (Å²) in [6, 6.07) is 1.98. The predicted molar refractivity (Wildman–Crippen MR) is 64.8 cm³/mol. The molecule has 19 heavy (non-hydrogen) atoms. The highest BCUT2D eigenvalue weighted by Gasteiger charge is 2.16. The summed E-state index contributed by atoms with van der Waals surface area (Å²) >= 11 is 0. The fourth-order valence-corrected chi connectivity index (χ4v) is 1.34. The molecular weight excluding hydrogens is 256 g/mol. The zero-order valence-corrected chi connectivity index (χ0v) is 10.9. The van der Waals surface area contributed by atoms with Crippen molar-refractivity contribution >= 4 is 12.4 Å². The Kier molecular flexibility index (Phi) is 4.58. The molecule has 1 amide bonds. The van der Waals surface area contributed by atoms with Crippen LogP contribution in [0.3, 0.4) is 0 Å². The molecule has 0 aliphatic rings. The number of carbonyl (C=O) groups is 2. The van der Waals surface area contributed by atoms with E-state index in [0.717, 1.165) is 12.1 Å². The van der Waals surface area contributed by atoms with E-state index >= 15 is 0 Å². The van der Waals surface area contributed by atoms with Gasteiger partial charge >= 0.3 is 6.09 Å². The molecule has 0 saturated heterocycles. The molecule has 1 N–H and O–H groups in total. The number of benzene rings is 1. The molecule has 0 heterocycles. The molecule has 0 aliphatic heterocycles. The maximum absolute atomic E-state index is 13.3. The van der Waals surface area contributed by atoms with Crippen molar-refractivity contribution in [3.63, 3.8) is 0 Å². The van der Waals surface area contributed by atoms with Crippen LogP contribution in [0.15, 0.2) is 12.1 Å². The number of hydrogen-bond acceptors (Lipinski definition) is 3. The van der Waals surface area contributed by atoms with Gasteiger partial charge in [0.2, 0.25) is 0 Å². The average Bonchev–Trinajstić information content (AvgIpc) is 2.23. The van der Waals surface area contributed by atoms with Gasteiger partial charge in [-0.05, 0) is 38.5 Å². The van der Waals surface area contributed by atoms with E-state index < -0.39 is 28.9 Å². The second kappa shape index (κ2) is 5.77. The molecule has 104 valence electrons. The van der Waals surface area contributed by atoms with Gasteiger partial charge in [-0.25, -0.2) is 13.6 Å². The summed E-state index contributed by atoms with van der Waals surface area (Å²) in [7, 11) is 0. The summed E-state index contributed by atoms with van der Waals surface area (Å²) in [5.74, 6) is -1.92. The second-order valence-electron chi connectivity index (χ2n) is 4.95. The molecule has 0 unspecified atom stereocenters. The highest BCUT2D eigenvalue weighted by Crippen LogP contribution is 2.14. The molecule has 0 atom stereocenters. The molecule has 4 nitrogen and oxygen atoms in total. The SMILES string of the molecule is CC(C)(C)OC(=O)NCc1cc(F)c(C=O)c(F)c1. The van der Waals surface area contributed by atoms with Gasteiger partial charge in [0.25, 0.3) is 0 Å². The lowest BCUT2D eigenvalue weighted by molar-refractivity contribution is 0.0523. The number of amides is 1. The lowest BCUT2D eigenvalue weighted by Gasteiger charge is -2.19. The molecule has 6 heteroatoms. The third kappa shape index (κ3) is 4.65. The summed E-state index contributed by atoms with van der Waals surface area (Å²) in [6.45, 7) is 5.00. The molecule has 0 radical (unpaired) electrons. The molecule has 0 bridgehead atoms. The average molecular weight is 271 g/mol. The number of rotatable bonds is 3. The lowest BCUT2D eigenvalue weighted by Crippen LogP contribution is -2.32. The minimum absolute atomic E-state index is 0.0953. The van der Waals surface area contributed by atoms with Gasteiger partial charge in [-0.1, -0.05) is 0 Å². The van der Waals surface area contributed by atoms with Crippen LogP contribution in [0.25, 0.3) is 0 Å². The van der Waals surface area contributed by atoms with Crippen molar-refractivity contribution < 1.29 is 23.1 Å². The van der Waals surface area contributed by atoms with Crippen molar-refractivity contribution in [3.8, 4) is 0 Å². The Labute approximate surface area is 109 Å². The van der Waals surface area contributed by atoms with Gasteiger partial charge in [0, 0.05) is 6.54 Å². The number of alkyl carbamates (subject to hydrolysis) is 1. The first kappa shape index (κ1) is 15.1. The number of aldehydes is 1. The van der Waals surface area contributed by atoms with Gasteiger partial charge in [0.05, 0.1) is 5.56 Å². The first-order chi connectivity index (χ1) is 8.73. The molecule has 0 spiro atoms. The maximum atomic E-state index is 13.3. The van der Waals surface area contributed by atoms with Gasteiger partial charge in [0.1, 0.15) is 17.2 Å². The van der Waals surface area contributed by atoms with Crippen LogP contribution < -0.4 is 5.32 Å². The van der Waals surface area contributed by atoms with Gasteiger partial charge in [0.15, 0.2) is 6.29 Å². The smallest absolute Gasteiger partial charge is 0.407 e. The highest BCUT2D eigenvalue weighted by atomic mass is 19.1. The Morgan fingerprint density at radius 3 is 2.26 bits per heavy atom. The van der Waals surface area contributed by atoms with E-state index in [0.29, 0.717) is 0 Å². The fourth-order valence-electron chi connectivity index (χ4n) is 1.34. The summed E-state index contributed by atoms with van der Waals surface area (Å²) in [5, 5.41) is 2.36. The van der Waals surface area contributed by atoms with Crippen LogP contribution in [0.1, 0.15) is 36.7 Å². The van der Waals surface area contributed by atoms with E-state index in [2.05, 4.69) is 5.32 Å². The second-order valence-corrected chi connectivity index (χ2v) is 4.95. The Hall–Kier alpha value is -1.98. The number of hydrogen-bond donors (Lipinski definition) is 1. The minimum atomic E-state index is -0.962. The summed E-state index contributed by atoms with van der Waals surface area (Å²) < 4.78 is 31.6. The summed E-state index contributed by atoms with van der Waals surface area (Å²) in [4.78, 5) is 21.8. The molecule has 0 aliphatic carbocycles. The van der Waals surface area contributed by atoms with Crippen molar-refractivity contribution in [1.82, 2.24) is 5.32 Å². The normalized spacial score (nSPS) is 11.0. The van der Waals surface area contributed by atoms with E-state index in [9.17, 15) is 18.4 Å². The Bertz CT molecular complexity index is 472. The Balaban J connectivity index is 2.69. The van der Waals surface area contributed by atoms with Gasteiger partial charge in [-0.3, -0.25) is 4.79 Å². The van der Waals surface area contributed by atoms with Crippen molar-refractivity contribution in [2.24, 2.45) is 0 Å². The third-order valence-electron chi connectivity index (χ3n) is 2.09. The van der Waals surface area contributed by atoms with Crippen molar-refractivity contribution in [3.05, 3.63) is 34.9 Å². The van der Waals surface area contributed by atoms with E-state index in [-0.39, 0.29) is 18.4 Å². The zero-order valence-electron chi connectivity index (χ0n) is 10.9. The van der Waals surface area contributed by atoms with Crippen LogP contribution in [0, 0.1) is 11.6 Å². The van der Waals surface area contributed by atoms with Crippen LogP contribution in [-0.2, 0) is 11.3 Å². The van der Waals surface area contributed by atoms with E-state index in [1.165, 1.54) is 0 Å². The topological polar surface area (TPSA) is 55.4 Å². The van der Waals surface area contributed by atoms with Crippen LogP contribution in [0.2, 0.25) is 0 Å². The molecule has 0 fully saturated rings. The number of carbonyl (C=O) groups excluding carboxylic acids is 2. The number of halogens is 2. The van der Waals surface area contributed by atoms with Gasteiger partial charge < -0.3 is 10.1 Å². The first-order valence-corrected chi connectivity index (χ1v) is 5.63. The molecule has 1 aromatic rings. The predicted octanol–water partition coefficient (Wildman–Crippen LogP) is 2.80. The van der Waals surface area contributed by atoms with Gasteiger partial charge in [-0.15, -0.1) is 0 Å².